The Kier molecular flexibility index (Phi) is 5.97. The van der Waals surface area contributed by atoms with Crippen molar-refractivity contribution < 1.29 is 0 Å². The Morgan fingerprint density at radius 2 is 1.50 bits per heavy atom. The third-order valence-corrected chi connectivity index (χ3v) is 5.13. The lowest BCUT2D eigenvalue weighted by molar-refractivity contribution is 0.0996. The molecular formula is C16H32N2. The van der Waals surface area contributed by atoms with Crippen molar-refractivity contribution in [1.82, 2.24) is 10.2 Å². The average molecular weight is 252 g/mol. The van der Waals surface area contributed by atoms with Gasteiger partial charge in [-0.3, -0.25) is 4.90 Å². The zero-order valence-corrected chi connectivity index (χ0v) is 12.5. The molecule has 0 spiro atoms. The van der Waals surface area contributed by atoms with Crippen LogP contribution in [0.4, 0.5) is 0 Å². The zero-order chi connectivity index (χ0) is 12.8. The molecule has 0 aromatic heterocycles. The molecule has 2 heteroatoms. The van der Waals surface area contributed by atoms with Crippen LogP contribution >= 0.6 is 0 Å². The van der Waals surface area contributed by atoms with E-state index in [2.05, 4.69) is 24.2 Å². The van der Waals surface area contributed by atoms with Gasteiger partial charge in [0, 0.05) is 18.1 Å². The van der Waals surface area contributed by atoms with Crippen LogP contribution in [0, 0.1) is 0 Å². The van der Waals surface area contributed by atoms with Crippen molar-refractivity contribution in [2.24, 2.45) is 0 Å². The number of nitrogens with one attached hydrogen (secondary N) is 1. The van der Waals surface area contributed by atoms with Gasteiger partial charge in [0.1, 0.15) is 0 Å². The molecule has 0 aromatic rings. The summed E-state index contributed by atoms with van der Waals surface area (Å²) in [5.41, 5.74) is 0. The molecule has 1 aliphatic heterocycles. The van der Waals surface area contributed by atoms with Gasteiger partial charge in [-0.05, 0) is 46.2 Å². The summed E-state index contributed by atoms with van der Waals surface area (Å²) in [4.78, 5) is 2.85. The molecule has 0 amide bonds. The lowest BCUT2D eigenvalue weighted by Gasteiger charge is -2.41. The molecule has 1 heterocycles. The molecular weight excluding hydrogens is 220 g/mol. The smallest absolute Gasteiger partial charge is 0.0252 e. The van der Waals surface area contributed by atoms with Crippen molar-refractivity contribution >= 4 is 0 Å². The number of nitrogens with zero attached hydrogens (tertiary/aromatic N) is 1. The van der Waals surface area contributed by atoms with E-state index < -0.39 is 0 Å². The lowest BCUT2D eigenvalue weighted by atomic mass is 9.90. The highest BCUT2D eigenvalue weighted by Crippen LogP contribution is 2.27. The van der Waals surface area contributed by atoms with Crippen molar-refractivity contribution in [3.05, 3.63) is 0 Å². The summed E-state index contributed by atoms with van der Waals surface area (Å²) in [5, 5.41) is 3.62. The van der Waals surface area contributed by atoms with Gasteiger partial charge in [-0.15, -0.1) is 0 Å². The van der Waals surface area contributed by atoms with E-state index in [0.717, 1.165) is 18.1 Å². The minimum atomic E-state index is 0.728. The topological polar surface area (TPSA) is 15.3 Å². The van der Waals surface area contributed by atoms with E-state index in [1.165, 1.54) is 70.8 Å². The summed E-state index contributed by atoms with van der Waals surface area (Å²) in [7, 11) is 2.17. The van der Waals surface area contributed by atoms with Gasteiger partial charge in [-0.25, -0.2) is 0 Å². The summed E-state index contributed by atoms with van der Waals surface area (Å²) in [6.45, 7) is 3.79. The van der Waals surface area contributed by atoms with Gasteiger partial charge in [0.25, 0.3) is 0 Å². The summed E-state index contributed by atoms with van der Waals surface area (Å²) >= 11 is 0. The van der Waals surface area contributed by atoms with Gasteiger partial charge in [0.15, 0.2) is 0 Å². The van der Waals surface area contributed by atoms with Crippen LogP contribution in [0.25, 0.3) is 0 Å². The fraction of sp³-hybridized carbons (Fsp3) is 1.00. The Morgan fingerprint density at radius 1 is 0.833 bits per heavy atom. The van der Waals surface area contributed by atoms with E-state index in [9.17, 15) is 0 Å². The van der Waals surface area contributed by atoms with Gasteiger partial charge < -0.3 is 5.32 Å². The first-order valence-corrected chi connectivity index (χ1v) is 8.26. The number of likely N-dealkylation sites (N-methyl/N-ethyl adjacent to an activating group) is 1. The quantitative estimate of drug-likeness (QED) is 0.808. The standard InChI is InChI=1S/C16H32N2/c1-14-10-6-5-9-13-18(14)16-12-8-4-3-7-11-15(16)17-2/h14-17H,3-13H2,1-2H3. The Balaban J connectivity index is 2.04. The van der Waals surface area contributed by atoms with Gasteiger partial charge in [0.05, 0.1) is 0 Å². The van der Waals surface area contributed by atoms with Crippen molar-refractivity contribution in [3.8, 4) is 0 Å². The van der Waals surface area contributed by atoms with Gasteiger partial charge >= 0.3 is 0 Å². The molecule has 0 radical (unpaired) electrons. The molecule has 1 saturated heterocycles. The summed E-state index contributed by atoms with van der Waals surface area (Å²) in [5.74, 6) is 0. The van der Waals surface area contributed by atoms with E-state index in [1.807, 2.05) is 0 Å². The second kappa shape index (κ2) is 7.49. The van der Waals surface area contributed by atoms with Gasteiger partial charge in [-0.1, -0.05) is 38.5 Å². The van der Waals surface area contributed by atoms with Crippen molar-refractivity contribution in [2.75, 3.05) is 13.6 Å². The van der Waals surface area contributed by atoms with E-state index in [4.69, 9.17) is 0 Å². The van der Waals surface area contributed by atoms with E-state index in [1.54, 1.807) is 0 Å². The molecule has 3 atom stereocenters. The second-order valence-electron chi connectivity index (χ2n) is 6.39. The van der Waals surface area contributed by atoms with E-state index >= 15 is 0 Å². The number of hydrogen-bond acceptors (Lipinski definition) is 2. The summed E-state index contributed by atoms with van der Waals surface area (Å²) in [6, 6.07) is 2.32. The van der Waals surface area contributed by atoms with Crippen LogP contribution < -0.4 is 5.32 Å². The van der Waals surface area contributed by atoms with Gasteiger partial charge in [-0.2, -0.15) is 0 Å². The van der Waals surface area contributed by atoms with Crippen LogP contribution in [0.3, 0.4) is 0 Å². The van der Waals surface area contributed by atoms with Crippen LogP contribution in [0.1, 0.15) is 71.1 Å². The normalized spacial score (nSPS) is 36.7. The number of rotatable bonds is 2. The Morgan fingerprint density at radius 3 is 2.28 bits per heavy atom. The molecule has 2 fully saturated rings. The third kappa shape index (κ3) is 3.71. The molecule has 2 aliphatic rings. The molecule has 1 saturated carbocycles. The highest BCUT2D eigenvalue weighted by molar-refractivity contribution is 4.88. The third-order valence-electron chi connectivity index (χ3n) is 5.13. The van der Waals surface area contributed by atoms with E-state index in [-0.39, 0.29) is 0 Å². The van der Waals surface area contributed by atoms with Crippen LogP contribution in [0.15, 0.2) is 0 Å². The van der Waals surface area contributed by atoms with Crippen LogP contribution in [0.5, 0.6) is 0 Å². The fourth-order valence-electron chi connectivity index (χ4n) is 3.99. The molecule has 3 unspecified atom stereocenters. The Bertz CT molecular complexity index is 229. The molecule has 0 aromatic carbocycles. The predicted molar refractivity (Wildman–Crippen MR) is 79.0 cm³/mol. The Labute approximate surface area is 114 Å². The largest absolute Gasteiger partial charge is 0.315 e. The maximum atomic E-state index is 3.62. The van der Waals surface area contributed by atoms with Crippen molar-refractivity contribution in [2.45, 2.75) is 89.3 Å². The first-order chi connectivity index (χ1) is 8.83. The minimum Gasteiger partial charge on any atom is -0.315 e. The molecule has 18 heavy (non-hydrogen) atoms. The van der Waals surface area contributed by atoms with Crippen LogP contribution in [-0.2, 0) is 0 Å². The van der Waals surface area contributed by atoms with Crippen LogP contribution in [-0.4, -0.2) is 36.6 Å². The first kappa shape index (κ1) is 14.3. The fourth-order valence-corrected chi connectivity index (χ4v) is 3.99. The highest BCUT2D eigenvalue weighted by atomic mass is 15.2. The molecule has 1 aliphatic carbocycles. The number of hydrogen-bond donors (Lipinski definition) is 1. The molecule has 0 bridgehead atoms. The number of likely N-dealkylation sites (tertiary alicyclic amines) is 1. The second-order valence-corrected chi connectivity index (χ2v) is 6.39. The molecule has 2 nitrogen and oxygen atoms in total. The monoisotopic (exact) mass is 252 g/mol. The lowest BCUT2D eigenvalue weighted by Crippen LogP contribution is -2.52. The van der Waals surface area contributed by atoms with Gasteiger partial charge in [0.2, 0.25) is 0 Å². The minimum absolute atomic E-state index is 0.728. The zero-order valence-electron chi connectivity index (χ0n) is 12.5. The van der Waals surface area contributed by atoms with E-state index in [0.29, 0.717) is 0 Å². The summed E-state index contributed by atoms with van der Waals surface area (Å²) < 4.78 is 0. The average Bonchev–Trinajstić information content (AvgIpc) is 2.55. The predicted octanol–water partition coefficient (Wildman–Crippen LogP) is 3.56. The molecule has 106 valence electrons. The highest BCUT2D eigenvalue weighted by Gasteiger charge is 2.30. The molecule has 1 N–H and O–H groups in total. The maximum Gasteiger partial charge on any atom is 0.0252 e. The molecule has 2 rings (SSSR count). The maximum absolute atomic E-state index is 3.62. The van der Waals surface area contributed by atoms with Crippen molar-refractivity contribution in [3.63, 3.8) is 0 Å². The van der Waals surface area contributed by atoms with Crippen molar-refractivity contribution in [1.29, 1.82) is 0 Å². The SMILES string of the molecule is CNC1CCCCCCC1N1CCCCCC1C. The Hall–Kier alpha value is -0.0800. The summed E-state index contributed by atoms with van der Waals surface area (Å²) in [6.07, 6.45) is 14.3. The van der Waals surface area contributed by atoms with Crippen LogP contribution in [0.2, 0.25) is 0 Å². The first-order valence-electron chi connectivity index (χ1n) is 8.26.